The molecule has 1 aromatic rings. The molecule has 0 saturated heterocycles. The van der Waals surface area contributed by atoms with Gasteiger partial charge in [-0.25, -0.2) is 4.98 Å². The normalized spacial score (nSPS) is 11.5. The molecule has 2 nitrogen and oxygen atoms in total. The highest BCUT2D eigenvalue weighted by Crippen LogP contribution is 2.25. The van der Waals surface area contributed by atoms with E-state index in [9.17, 15) is 4.79 Å². The number of halogens is 1. The molecule has 0 aromatic carbocycles. The van der Waals surface area contributed by atoms with Gasteiger partial charge in [0, 0.05) is 5.38 Å². The van der Waals surface area contributed by atoms with Crippen molar-refractivity contribution in [1.82, 2.24) is 4.98 Å². The van der Waals surface area contributed by atoms with Gasteiger partial charge in [-0.1, -0.05) is 0 Å². The molecule has 0 N–H and O–H groups in total. The predicted octanol–water partition coefficient (Wildman–Crippen LogP) is 2.38. The van der Waals surface area contributed by atoms with Gasteiger partial charge in [0.25, 0.3) is 0 Å². The number of hydrogen-bond donors (Lipinski definition) is 0. The zero-order chi connectivity index (χ0) is 8.48. The van der Waals surface area contributed by atoms with E-state index in [2.05, 4.69) is 20.9 Å². The number of nitrogens with zero attached hydrogens (tertiary/aromatic N) is 1. The Kier molecular flexibility index (Phi) is 2.44. The van der Waals surface area contributed by atoms with Crippen molar-refractivity contribution < 1.29 is 4.79 Å². The van der Waals surface area contributed by atoms with E-state index in [0.29, 0.717) is 0 Å². The van der Waals surface area contributed by atoms with Crippen LogP contribution in [0.25, 0.3) is 0 Å². The average Bonchev–Trinajstić information content (AvgIpc) is 2.36. The monoisotopic (exact) mass is 233 g/mol. The molecule has 1 aromatic heterocycles. The Morgan fingerprint density at radius 3 is 2.73 bits per heavy atom. The Hall–Kier alpha value is -0.220. The van der Waals surface area contributed by atoms with Crippen LogP contribution >= 0.6 is 27.3 Å². The summed E-state index contributed by atoms with van der Waals surface area (Å²) in [7, 11) is 0. The lowest BCUT2D eigenvalue weighted by molar-refractivity contribution is -0.111. The number of hydrogen-bond acceptors (Lipinski definition) is 3. The maximum absolute atomic E-state index is 10.6. The molecule has 0 saturated carbocycles. The summed E-state index contributed by atoms with van der Waals surface area (Å²) in [6.45, 7) is 3.70. The Balaban J connectivity index is 3.01. The van der Waals surface area contributed by atoms with E-state index in [1.54, 1.807) is 0 Å². The van der Waals surface area contributed by atoms with Crippen molar-refractivity contribution in [2.75, 3.05) is 0 Å². The lowest BCUT2D eigenvalue weighted by Gasteiger charge is -2.11. The van der Waals surface area contributed by atoms with Gasteiger partial charge >= 0.3 is 0 Å². The van der Waals surface area contributed by atoms with E-state index in [1.807, 2.05) is 19.2 Å². The van der Waals surface area contributed by atoms with Gasteiger partial charge in [-0.2, -0.15) is 0 Å². The number of thiazole rings is 1. The minimum Gasteiger partial charge on any atom is -0.302 e. The molecule has 4 heteroatoms. The number of aldehydes is 1. The van der Waals surface area contributed by atoms with Crippen LogP contribution in [0.2, 0.25) is 0 Å². The topological polar surface area (TPSA) is 30.0 Å². The molecule has 0 spiro atoms. The third-order valence-corrected chi connectivity index (χ3v) is 2.80. The van der Waals surface area contributed by atoms with Gasteiger partial charge in [0.1, 0.15) is 6.29 Å². The molecule has 0 bridgehead atoms. The van der Waals surface area contributed by atoms with Crippen LogP contribution in [0.4, 0.5) is 0 Å². The van der Waals surface area contributed by atoms with Crippen LogP contribution in [0.3, 0.4) is 0 Å². The Morgan fingerprint density at radius 2 is 2.36 bits per heavy atom. The molecule has 0 unspecified atom stereocenters. The number of aromatic nitrogens is 1. The first-order valence-corrected chi connectivity index (χ1v) is 4.81. The molecule has 1 heterocycles. The van der Waals surface area contributed by atoms with Crippen LogP contribution in [0, 0.1) is 0 Å². The maximum Gasteiger partial charge on any atom is 0.159 e. The third-order valence-electron chi connectivity index (χ3n) is 1.43. The van der Waals surface area contributed by atoms with Gasteiger partial charge in [-0.15, -0.1) is 11.3 Å². The largest absolute Gasteiger partial charge is 0.302 e. The Labute approximate surface area is 77.8 Å². The first-order chi connectivity index (χ1) is 5.06. The van der Waals surface area contributed by atoms with Gasteiger partial charge in [-0.3, -0.25) is 0 Å². The second-order valence-electron chi connectivity index (χ2n) is 2.83. The van der Waals surface area contributed by atoms with E-state index in [0.717, 1.165) is 15.9 Å². The van der Waals surface area contributed by atoms with Crippen LogP contribution < -0.4 is 0 Å². The fourth-order valence-corrected chi connectivity index (χ4v) is 1.80. The molecule has 0 aliphatic carbocycles. The van der Waals surface area contributed by atoms with Crippen molar-refractivity contribution in [2.24, 2.45) is 0 Å². The molecule has 0 aliphatic heterocycles. The van der Waals surface area contributed by atoms with Crippen LogP contribution in [0.1, 0.15) is 19.5 Å². The fourth-order valence-electron chi connectivity index (χ4n) is 0.608. The van der Waals surface area contributed by atoms with Crippen molar-refractivity contribution in [2.45, 2.75) is 19.3 Å². The molecule has 0 atom stereocenters. The van der Waals surface area contributed by atoms with Crippen LogP contribution in [0.5, 0.6) is 0 Å². The van der Waals surface area contributed by atoms with Crippen LogP contribution in [0.15, 0.2) is 9.30 Å². The fraction of sp³-hybridized carbons (Fsp3) is 0.429. The van der Waals surface area contributed by atoms with E-state index < -0.39 is 5.41 Å². The van der Waals surface area contributed by atoms with Gasteiger partial charge in [0.2, 0.25) is 0 Å². The minimum absolute atomic E-state index is 0.456. The summed E-state index contributed by atoms with van der Waals surface area (Å²) in [5.74, 6) is 0. The highest BCUT2D eigenvalue weighted by Gasteiger charge is 2.22. The van der Waals surface area contributed by atoms with Crippen molar-refractivity contribution in [1.29, 1.82) is 0 Å². The van der Waals surface area contributed by atoms with E-state index in [4.69, 9.17) is 0 Å². The summed E-state index contributed by atoms with van der Waals surface area (Å²) in [5.41, 5.74) is 0.368. The van der Waals surface area contributed by atoms with Crippen molar-refractivity contribution in [3.8, 4) is 0 Å². The first-order valence-electron chi connectivity index (χ1n) is 3.14. The molecular weight excluding hydrogens is 226 g/mol. The van der Waals surface area contributed by atoms with Crippen molar-refractivity contribution in [3.05, 3.63) is 15.0 Å². The quantitative estimate of drug-likeness (QED) is 0.735. The van der Waals surface area contributed by atoms with Crippen molar-refractivity contribution in [3.63, 3.8) is 0 Å². The summed E-state index contributed by atoms with van der Waals surface area (Å²) in [5, 5.41) is 1.89. The molecular formula is C7H8BrNOS. The van der Waals surface area contributed by atoms with Gasteiger partial charge in [0.15, 0.2) is 3.92 Å². The van der Waals surface area contributed by atoms with E-state index in [1.165, 1.54) is 11.3 Å². The number of carbonyl (C=O) groups excluding carboxylic acids is 1. The number of carbonyl (C=O) groups is 1. The molecule has 60 valence electrons. The highest BCUT2D eigenvalue weighted by atomic mass is 79.9. The molecule has 0 fully saturated rings. The highest BCUT2D eigenvalue weighted by molar-refractivity contribution is 9.11. The molecule has 1 rings (SSSR count). The Bertz CT molecular complexity index is 269. The van der Waals surface area contributed by atoms with Gasteiger partial charge in [0.05, 0.1) is 11.1 Å². The lowest BCUT2D eigenvalue weighted by atomic mass is 9.93. The van der Waals surface area contributed by atoms with Gasteiger partial charge in [-0.05, 0) is 29.8 Å². The smallest absolute Gasteiger partial charge is 0.159 e. The van der Waals surface area contributed by atoms with Crippen molar-refractivity contribution >= 4 is 33.6 Å². The molecule has 11 heavy (non-hydrogen) atoms. The van der Waals surface area contributed by atoms with E-state index in [-0.39, 0.29) is 0 Å². The molecule has 0 amide bonds. The summed E-state index contributed by atoms with van der Waals surface area (Å²) >= 11 is 4.74. The lowest BCUT2D eigenvalue weighted by Crippen LogP contribution is -2.18. The van der Waals surface area contributed by atoms with Crippen LogP contribution in [-0.2, 0) is 10.2 Å². The maximum atomic E-state index is 10.6. The second-order valence-corrected chi connectivity index (χ2v) is 4.96. The summed E-state index contributed by atoms with van der Waals surface area (Å²) in [6.07, 6.45) is 0.911. The SMILES string of the molecule is CC(C)(C=O)c1csc(Br)n1. The zero-order valence-corrected chi connectivity index (χ0v) is 8.70. The number of rotatable bonds is 2. The zero-order valence-electron chi connectivity index (χ0n) is 6.30. The molecule has 0 aliphatic rings. The summed E-state index contributed by atoms with van der Waals surface area (Å²) < 4.78 is 0.822. The summed E-state index contributed by atoms with van der Waals surface area (Å²) in [6, 6.07) is 0. The Morgan fingerprint density at radius 1 is 1.73 bits per heavy atom. The van der Waals surface area contributed by atoms with Crippen LogP contribution in [-0.4, -0.2) is 11.3 Å². The predicted molar refractivity (Wildman–Crippen MR) is 48.9 cm³/mol. The third kappa shape index (κ3) is 1.87. The minimum atomic E-state index is -0.456. The standard InChI is InChI=1S/C7H8BrNOS/c1-7(2,4-10)5-3-11-6(8)9-5/h3-4H,1-2H3. The summed E-state index contributed by atoms with van der Waals surface area (Å²) in [4.78, 5) is 14.7. The van der Waals surface area contributed by atoms with E-state index >= 15 is 0 Å². The average molecular weight is 234 g/mol. The van der Waals surface area contributed by atoms with Gasteiger partial charge < -0.3 is 4.79 Å². The second kappa shape index (κ2) is 3.03. The first kappa shape index (κ1) is 8.87. The molecule has 0 radical (unpaired) electrons.